The number of aryl methyl sites for hydroxylation is 1. The van der Waals surface area contributed by atoms with E-state index in [0.717, 1.165) is 61.5 Å². The van der Waals surface area contributed by atoms with Gasteiger partial charge in [0, 0.05) is 43.1 Å². The molecule has 1 aliphatic carbocycles. The molecule has 8 nitrogen and oxygen atoms in total. The lowest BCUT2D eigenvalue weighted by Gasteiger charge is -2.28. The lowest BCUT2D eigenvalue weighted by atomic mass is 10.1. The Kier molecular flexibility index (Phi) is 5.66. The fourth-order valence-electron chi connectivity index (χ4n) is 4.64. The predicted molar refractivity (Wildman–Crippen MR) is 134 cm³/mol. The van der Waals surface area contributed by atoms with Gasteiger partial charge in [-0.3, -0.25) is 4.79 Å². The number of benzene rings is 1. The van der Waals surface area contributed by atoms with Crippen LogP contribution in [0.3, 0.4) is 0 Å². The minimum atomic E-state index is -0.111. The van der Waals surface area contributed by atoms with E-state index in [-0.39, 0.29) is 5.91 Å². The van der Waals surface area contributed by atoms with Crippen LogP contribution in [0.1, 0.15) is 46.1 Å². The summed E-state index contributed by atoms with van der Waals surface area (Å²) in [4.78, 5) is 25.1. The van der Waals surface area contributed by atoms with Crippen molar-refractivity contribution in [2.24, 2.45) is 0 Å². The van der Waals surface area contributed by atoms with E-state index in [2.05, 4.69) is 39.5 Å². The number of carbonyl (C=O) groups is 1. The summed E-state index contributed by atoms with van der Waals surface area (Å²) in [6.45, 7) is 5.71. The van der Waals surface area contributed by atoms with Crippen LogP contribution in [0.4, 0.5) is 5.69 Å². The van der Waals surface area contributed by atoms with Gasteiger partial charge in [0.25, 0.3) is 5.91 Å². The van der Waals surface area contributed by atoms with Gasteiger partial charge in [0.2, 0.25) is 0 Å². The number of pyridine rings is 2. The number of rotatable bonds is 6. The number of anilines is 1. The lowest BCUT2D eigenvalue weighted by molar-refractivity contribution is 0.0952. The highest BCUT2D eigenvalue weighted by molar-refractivity contribution is 6.06. The summed E-state index contributed by atoms with van der Waals surface area (Å²) in [5, 5.41) is 8.59. The van der Waals surface area contributed by atoms with Crippen molar-refractivity contribution in [1.29, 1.82) is 0 Å². The molecule has 1 amide bonds. The average molecular weight is 469 g/mol. The molecule has 0 radical (unpaired) electrons. The van der Waals surface area contributed by atoms with Crippen molar-refractivity contribution in [2.75, 3.05) is 31.2 Å². The predicted octanol–water partition coefficient (Wildman–Crippen LogP) is 3.77. The molecular formula is C27H28N6O2. The van der Waals surface area contributed by atoms with Gasteiger partial charge in [0.15, 0.2) is 11.5 Å². The highest BCUT2D eigenvalue weighted by Gasteiger charge is 2.29. The Morgan fingerprint density at radius 2 is 1.91 bits per heavy atom. The number of nitrogens with zero attached hydrogens (tertiary/aromatic N) is 5. The Balaban J connectivity index is 1.27. The van der Waals surface area contributed by atoms with Gasteiger partial charge >= 0.3 is 0 Å². The Labute approximate surface area is 203 Å². The lowest BCUT2D eigenvalue weighted by Crippen LogP contribution is -2.36. The summed E-state index contributed by atoms with van der Waals surface area (Å²) in [7, 11) is 0. The molecule has 1 aromatic carbocycles. The first-order valence-electron chi connectivity index (χ1n) is 12.2. The number of hydrogen-bond acceptors (Lipinski definition) is 6. The molecule has 2 aliphatic rings. The van der Waals surface area contributed by atoms with E-state index >= 15 is 0 Å². The molecule has 0 unspecified atom stereocenters. The van der Waals surface area contributed by atoms with Gasteiger partial charge < -0.3 is 15.0 Å². The van der Waals surface area contributed by atoms with Crippen LogP contribution in [0.25, 0.3) is 16.9 Å². The van der Waals surface area contributed by atoms with Gasteiger partial charge in [-0.15, -0.1) is 0 Å². The number of nitrogens with one attached hydrogen (secondary N) is 1. The van der Waals surface area contributed by atoms with Crippen LogP contribution < -0.4 is 10.2 Å². The van der Waals surface area contributed by atoms with Crippen LogP contribution in [0.15, 0.2) is 54.7 Å². The van der Waals surface area contributed by atoms with E-state index in [0.29, 0.717) is 29.5 Å². The third kappa shape index (κ3) is 4.37. The molecule has 3 aromatic heterocycles. The second-order valence-corrected chi connectivity index (χ2v) is 9.20. The fourth-order valence-corrected chi connectivity index (χ4v) is 4.64. The molecule has 2 fully saturated rings. The van der Waals surface area contributed by atoms with E-state index in [1.807, 2.05) is 31.2 Å². The fraction of sp³-hybridized carbons (Fsp3) is 0.333. The van der Waals surface area contributed by atoms with Gasteiger partial charge in [-0.1, -0.05) is 18.2 Å². The molecule has 0 atom stereocenters. The molecule has 8 heteroatoms. The highest BCUT2D eigenvalue weighted by atomic mass is 16.5. The molecule has 0 bridgehead atoms. The van der Waals surface area contributed by atoms with E-state index < -0.39 is 0 Å². The van der Waals surface area contributed by atoms with Gasteiger partial charge in [-0.25, -0.2) is 9.97 Å². The Morgan fingerprint density at radius 1 is 1.11 bits per heavy atom. The summed E-state index contributed by atoms with van der Waals surface area (Å²) < 4.78 is 7.19. The third-order valence-electron chi connectivity index (χ3n) is 6.70. The molecule has 1 saturated carbocycles. The van der Waals surface area contributed by atoms with Crippen molar-refractivity contribution < 1.29 is 9.53 Å². The summed E-state index contributed by atoms with van der Waals surface area (Å²) in [5.41, 5.74) is 5.28. The van der Waals surface area contributed by atoms with Gasteiger partial charge in [-0.2, -0.15) is 9.78 Å². The van der Waals surface area contributed by atoms with Gasteiger partial charge in [-0.05, 0) is 55.7 Å². The first-order chi connectivity index (χ1) is 17.2. The average Bonchev–Trinajstić information content (AvgIpc) is 3.71. The molecule has 35 heavy (non-hydrogen) atoms. The molecule has 6 rings (SSSR count). The Bertz CT molecular complexity index is 1360. The largest absolute Gasteiger partial charge is 0.378 e. The highest BCUT2D eigenvalue weighted by Crippen LogP contribution is 2.40. The number of ether oxygens (including phenoxy) is 1. The molecule has 1 N–H and O–H groups in total. The normalized spacial score (nSPS) is 16.0. The molecule has 4 heterocycles. The maximum absolute atomic E-state index is 13.4. The smallest absolute Gasteiger partial charge is 0.252 e. The molecule has 0 spiro atoms. The zero-order chi connectivity index (χ0) is 23.8. The maximum Gasteiger partial charge on any atom is 0.252 e. The number of fused-ring (bicyclic) bond motifs is 1. The molecule has 178 valence electrons. The molecule has 1 saturated heterocycles. The third-order valence-corrected chi connectivity index (χ3v) is 6.70. The molecular weight excluding hydrogens is 440 g/mol. The summed E-state index contributed by atoms with van der Waals surface area (Å²) in [6.07, 6.45) is 3.94. The standard InChI is InChI=1S/C27H28N6O2/c1-18-25-22(27(34)29-17-19-5-9-21(10-6-19)32-12-14-35-15-13-32)16-23(20-7-8-20)30-26(25)33(31-18)24-4-2-3-11-28-24/h2-6,9-11,16,20H,7-8,12-15,17H2,1H3,(H,29,34). The van der Waals surface area contributed by atoms with Gasteiger partial charge in [0.1, 0.15) is 0 Å². The van der Waals surface area contributed by atoms with E-state index in [1.54, 1.807) is 10.9 Å². The van der Waals surface area contributed by atoms with E-state index in [4.69, 9.17) is 14.8 Å². The number of morpholine rings is 1. The molecule has 1 aliphatic heterocycles. The first-order valence-corrected chi connectivity index (χ1v) is 12.2. The minimum absolute atomic E-state index is 0.111. The summed E-state index contributed by atoms with van der Waals surface area (Å²) >= 11 is 0. The second kappa shape index (κ2) is 9.11. The van der Waals surface area contributed by atoms with Crippen LogP contribution in [0, 0.1) is 6.92 Å². The SMILES string of the molecule is Cc1nn(-c2ccccn2)c2nc(C3CC3)cc(C(=O)NCc3ccc(N4CCOCC4)cc3)c12. The second-order valence-electron chi connectivity index (χ2n) is 9.20. The van der Waals surface area contributed by atoms with Crippen LogP contribution in [-0.2, 0) is 11.3 Å². The number of amides is 1. The van der Waals surface area contributed by atoms with E-state index in [9.17, 15) is 4.79 Å². The Hall–Kier alpha value is -3.78. The van der Waals surface area contributed by atoms with Crippen molar-refractivity contribution >= 4 is 22.6 Å². The van der Waals surface area contributed by atoms with Crippen LogP contribution in [-0.4, -0.2) is 52.0 Å². The quantitative estimate of drug-likeness (QED) is 0.464. The maximum atomic E-state index is 13.4. The monoisotopic (exact) mass is 468 g/mol. The first kappa shape index (κ1) is 21.7. The van der Waals surface area contributed by atoms with Crippen molar-refractivity contribution in [3.63, 3.8) is 0 Å². The number of hydrogen-bond donors (Lipinski definition) is 1. The number of aromatic nitrogens is 4. The zero-order valence-corrected chi connectivity index (χ0v) is 19.8. The van der Waals surface area contributed by atoms with Crippen LogP contribution in [0.2, 0.25) is 0 Å². The topological polar surface area (TPSA) is 85.2 Å². The van der Waals surface area contributed by atoms with Crippen LogP contribution >= 0.6 is 0 Å². The zero-order valence-electron chi connectivity index (χ0n) is 19.8. The van der Waals surface area contributed by atoms with E-state index in [1.165, 1.54) is 5.69 Å². The minimum Gasteiger partial charge on any atom is -0.378 e. The van der Waals surface area contributed by atoms with Crippen molar-refractivity contribution in [3.05, 3.63) is 77.2 Å². The van der Waals surface area contributed by atoms with Crippen molar-refractivity contribution in [1.82, 2.24) is 25.1 Å². The van der Waals surface area contributed by atoms with Crippen LogP contribution in [0.5, 0.6) is 0 Å². The van der Waals surface area contributed by atoms with Crippen molar-refractivity contribution in [3.8, 4) is 5.82 Å². The van der Waals surface area contributed by atoms with Gasteiger partial charge in [0.05, 0.1) is 29.9 Å². The van der Waals surface area contributed by atoms with Crippen molar-refractivity contribution in [2.45, 2.75) is 32.2 Å². The Morgan fingerprint density at radius 3 is 2.63 bits per heavy atom. The number of carbonyl (C=O) groups excluding carboxylic acids is 1. The molecule has 4 aromatic rings. The summed E-state index contributed by atoms with van der Waals surface area (Å²) in [5.74, 6) is 0.990. The summed E-state index contributed by atoms with van der Waals surface area (Å²) in [6, 6.07) is 16.0.